The van der Waals surface area contributed by atoms with Crippen LogP contribution in [0.1, 0.15) is 17.3 Å². The fourth-order valence-corrected chi connectivity index (χ4v) is 3.33. The number of Topliss-reactive ketones (excluding diaryl/α,β-unsaturated/α-hetero) is 1. The van der Waals surface area contributed by atoms with E-state index in [4.69, 9.17) is 34.4 Å². The van der Waals surface area contributed by atoms with Crippen LogP contribution >= 0.6 is 23.2 Å². The SMILES string of the molecule is C#CCOc1c(Cl)cc(Cl)c2[nH]c(Nc3cccc(F)c3)c(C(C)=O)c(=O)c12. The van der Waals surface area contributed by atoms with Gasteiger partial charge in [-0.25, -0.2) is 4.39 Å². The number of rotatable bonds is 5. The number of aromatic nitrogens is 1. The van der Waals surface area contributed by atoms with E-state index in [1.807, 2.05) is 0 Å². The number of carbonyl (C=O) groups is 1. The molecule has 0 spiro atoms. The molecular formula is C20H13Cl2FN2O3. The van der Waals surface area contributed by atoms with Gasteiger partial charge in [0.15, 0.2) is 11.5 Å². The molecule has 0 radical (unpaired) electrons. The van der Waals surface area contributed by atoms with Crippen LogP contribution in [-0.4, -0.2) is 17.4 Å². The molecule has 0 saturated heterocycles. The zero-order chi connectivity index (χ0) is 20.4. The van der Waals surface area contributed by atoms with Gasteiger partial charge in [0.05, 0.1) is 20.9 Å². The van der Waals surface area contributed by atoms with E-state index < -0.39 is 17.0 Å². The summed E-state index contributed by atoms with van der Waals surface area (Å²) in [5.74, 6) is 1.40. The molecule has 3 aromatic rings. The second-order valence-corrected chi connectivity index (χ2v) is 6.62. The summed E-state index contributed by atoms with van der Waals surface area (Å²) in [6.45, 7) is 1.11. The van der Waals surface area contributed by atoms with Crippen molar-refractivity contribution in [3.63, 3.8) is 0 Å². The molecule has 0 aliphatic carbocycles. The molecule has 3 rings (SSSR count). The lowest BCUT2D eigenvalue weighted by molar-refractivity contribution is 0.101. The molecule has 0 unspecified atom stereocenters. The van der Waals surface area contributed by atoms with Crippen molar-refractivity contribution >= 4 is 51.4 Å². The third kappa shape index (κ3) is 3.68. The molecule has 5 nitrogen and oxygen atoms in total. The number of hydrogen-bond donors (Lipinski definition) is 2. The number of fused-ring (bicyclic) bond motifs is 1. The molecular weight excluding hydrogens is 406 g/mol. The molecule has 0 bridgehead atoms. The van der Waals surface area contributed by atoms with Gasteiger partial charge in [-0.2, -0.15) is 0 Å². The maximum absolute atomic E-state index is 13.5. The first kappa shape index (κ1) is 19.7. The maximum Gasteiger partial charge on any atom is 0.206 e. The van der Waals surface area contributed by atoms with Gasteiger partial charge < -0.3 is 15.0 Å². The Balaban J connectivity index is 2.32. The van der Waals surface area contributed by atoms with Crippen molar-refractivity contribution in [1.29, 1.82) is 0 Å². The topological polar surface area (TPSA) is 71.2 Å². The third-order valence-corrected chi connectivity index (χ3v) is 4.47. The normalized spacial score (nSPS) is 10.5. The number of pyridine rings is 1. The van der Waals surface area contributed by atoms with E-state index in [2.05, 4.69) is 16.2 Å². The zero-order valence-electron chi connectivity index (χ0n) is 14.5. The Bertz CT molecular complexity index is 1200. The largest absolute Gasteiger partial charge is 0.479 e. The predicted octanol–water partition coefficient (Wildman–Crippen LogP) is 4.93. The van der Waals surface area contributed by atoms with Crippen molar-refractivity contribution in [1.82, 2.24) is 4.98 Å². The monoisotopic (exact) mass is 418 g/mol. The molecule has 2 aromatic carbocycles. The van der Waals surface area contributed by atoms with E-state index >= 15 is 0 Å². The smallest absolute Gasteiger partial charge is 0.206 e. The molecule has 0 aliphatic heterocycles. The fourth-order valence-electron chi connectivity index (χ4n) is 2.76. The molecule has 0 saturated carbocycles. The Morgan fingerprint density at radius 3 is 2.71 bits per heavy atom. The van der Waals surface area contributed by atoms with Gasteiger partial charge in [0, 0.05) is 5.69 Å². The predicted molar refractivity (Wildman–Crippen MR) is 109 cm³/mol. The Hall–Kier alpha value is -3.01. The highest BCUT2D eigenvalue weighted by Crippen LogP contribution is 2.37. The number of nitrogens with one attached hydrogen (secondary N) is 2. The van der Waals surface area contributed by atoms with Gasteiger partial charge in [-0.05, 0) is 31.2 Å². The zero-order valence-corrected chi connectivity index (χ0v) is 16.0. The van der Waals surface area contributed by atoms with Crippen LogP contribution in [0.4, 0.5) is 15.9 Å². The number of ether oxygens (including phenoxy) is 1. The van der Waals surface area contributed by atoms with E-state index in [1.165, 1.54) is 31.2 Å². The second-order valence-electron chi connectivity index (χ2n) is 5.81. The number of carbonyl (C=O) groups excluding carboxylic acids is 1. The summed E-state index contributed by atoms with van der Waals surface area (Å²) in [4.78, 5) is 28.3. The lowest BCUT2D eigenvalue weighted by Crippen LogP contribution is -2.19. The van der Waals surface area contributed by atoms with Gasteiger partial charge in [0.1, 0.15) is 23.8 Å². The first-order valence-electron chi connectivity index (χ1n) is 8.01. The van der Waals surface area contributed by atoms with Crippen LogP contribution in [0, 0.1) is 18.2 Å². The minimum atomic E-state index is -0.642. The number of benzene rings is 2. The summed E-state index contributed by atoms with van der Waals surface area (Å²) >= 11 is 12.4. The van der Waals surface area contributed by atoms with Gasteiger partial charge in [-0.1, -0.05) is 35.2 Å². The molecule has 8 heteroatoms. The number of ketones is 1. The fraction of sp³-hybridized carbons (Fsp3) is 0.100. The van der Waals surface area contributed by atoms with Gasteiger partial charge in [0.2, 0.25) is 5.43 Å². The highest BCUT2D eigenvalue weighted by molar-refractivity contribution is 6.39. The van der Waals surface area contributed by atoms with Crippen LogP contribution in [0.5, 0.6) is 5.75 Å². The average molecular weight is 419 g/mol. The second kappa shape index (κ2) is 7.93. The van der Waals surface area contributed by atoms with Gasteiger partial charge in [-0.3, -0.25) is 9.59 Å². The summed E-state index contributed by atoms with van der Waals surface area (Å²) < 4.78 is 18.9. The van der Waals surface area contributed by atoms with E-state index in [-0.39, 0.29) is 44.7 Å². The van der Waals surface area contributed by atoms with Crippen LogP contribution in [0.3, 0.4) is 0 Å². The van der Waals surface area contributed by atoms with Crippen LogP contribution in [0.2, 0.25) is 10.0 Å². The first-order chi connectivity index (χ1) is 13.3. The first-order valence-corrected chi connectivity index (χ1v) is 8.76. The summed E-state index contributed by atoms with van der Waals surface area (Å²) in [7, 11) is 0. The number of halogens is 3. The van der Waals surface area contributed by atoms with Crippen molar-refractivity contribution in [3.8, 4) is 18.1 Å². The lowest BCUT2D eigenvalue weighted by Gasteiger charge is -2.15. The van der Waals surface area contributed by atoms with Crippen molar-refractivity contribution in [2.24, 2.45) is 0 Å². The van der Waals surface area contributed by atoms with Crippen molar-refractivity contribution < 1.29 is 13.9 Å². The van der Waals surface area contributed by atoms with Gasteiger partial charge >= 0.3 is 0 Å². The molecule has 2 N–H and O–H groups in total. The quantitative estimate of drug-likeness (QED) is 0.455. The summed E-state index contributed by atoms with van der Waals surface area (Å²) in [6, 6.07) is 6.96. The minimum Gasteiger partial charge on any atom is -0.479 e. The Morgan fingerprint density at radius 2 is 2.07 bits per heavy atom. The van der Waals surface area contributed by atoms with Crippen LogP contribution in [0.25, 0.3) is 10.9 Å². The van der Waals surface area contributed by atoms with Crippen LogP contribution < -0.4 is 15.5 Å². The third-order valence-electron chi connectivity index (χ3n) is 3.89. The van der Waals surface area contributed by atoms with Crippen LogP contribution in [-0.2, 0) is 0 Å². The van der Waals surface area contributed by atoms with E-state index in [0.717, 1.165) is 0 Å². The maximum atomic E-state index is 13.5. The van der Waals surface area contributed by atoms with Crippen molar-refractivity contribution in [2.45, 2.75) is 6.92 Å². The van der Waals surface area contributed by atoms with Crippen LogP contribution in [0.15, 0.2) is 35.1 Å². The number of terminal acetylenes is 1. The highest BCUT2D eigenvalue weighted by Gasteiger charge is 2.22. The number of aromatic amines is 1. The average Bonchev–Trinajstić information content (AvgIpc) is 2.62. The Morgan fingerprint density at radius 1 is 1.32 bits per heavy atom. The van der Waals surface area contributed by atoms with Gasteiger partial charge in [0.25, 0.3) is 0 Å². The molecule has 0 atom stereocenters. The molecule has 0 aliphatic rings. The van der Waals surface area contributed by atoms with Crippen molar-refractivity contribution in [2.75, 3.05) is 11.9 Å². The summed E-state index contributed by atoms with van der Waals surface area (Å²) in [5.41, 5.74) is -0.282. The van der Waals surface area contributed by atoms with Crippen molar-refractivity contribution in [3.05, 3.63) is 62.0 Å². The molecule has 28 heavy (non-hydrogen) atoms. The van der Waals surface area contributed by atoms with Gasteiger partial charge in [-0.15, -0.1) is 6.42 Å². The lowest BCUT2D eigenvalue weighted by atomic mass is 10.1. The number of H-pyrrole nitrogens is 1. The number of hydrogen-bond acceptors (Lipinski definition) is 4. The summed E-state index contributed by atoms with van der Waals surface area (Å²) in [5, 5.41) is 3.08. The number of anilines is 2. The molecule has 0 fully saturated rings. The standard InChI is InChI=1S/C20H13Cl2FN2O3/c1-3-7-28-19-14(22)9-13(21)17-16(19)18(27)15(10(2)26)20(25-17)24-12-6-4-5-11(23)8-12/h1,4-6,8-9H,7H2,2H3,(H2,24,25,27). The van der Waals surface area contributed by atoms with E-state index in [9.17, 15) is 14.0 Å². The molecule has 0 amide bonds. The summed E-state index contributed by atoms with van der Waals surface area (Å²) in [6.07, 6.45) is 5.21. The molecule has 1 heterocycles. The molecule has 142 valence electrons. The van der Waals surface area contributed by atoms with E-state index in [0.29, 0.717) is 5.69 Å². The molecule has 1 aromatic heterocycles. The highest BCUT2D eigenvalue weighted by atomic mass is 35.5. The van der Waals surface area contributed by atoms with E-state index in [1.54, 1.807) is 6.07 Å². The Kier molecular flexibility index (Phi) is 5.59. The minimum absolute atomic E-state index is 0.00254. The Labute approximate surface area is 169 Å².